The molecule has 0 unspecified atom stereocenters. The number of carbonyl (C=O) groups excluding carboxylic acids is 3. The number of Topliss-reactive ketones (excluding diaryl/α,β-unsaturated/α-hetero) is 1. The first kappa shape index (κ1) is 28.5. The lowest BCUT2D eigenvalue weighted by Crippen LogP contribution is -2.30. The number of ketones is 1. The van der Waals surface area contributed by atoms with E-state index in [2.05, 4.69) is 4.90 Å². The predicted octanol–water partition coefficient (Wildman–Crippen LogP) is 5.03. The Labute approximate surface area is 224 Å². The van der Waals surface area contributed by atoms with Crippen molar-refractivity contribution in [2.75, 3.05) is 31.2 Å². The lowest BCUT2D eigenvalue weighted by Gasteiger charge is -2.30. The van der Waals surface area contributed by atoms with Gasteiger partial charge in [-0.1, -0.05) is 0 Å². The molecule has 0 atom stereocenters. The molecule has 1 aromatic heterocycles. The minimum Gasteiger partial charge on any atom is -0.462 e. The van der Waals surface area contributed by atoms with Gasteiger partial charge in [-0.15, -0.1) is 11.3 Å². The van der Waals surface area contributed by atoms with E-state index < -0.39 is 22.6 Å². The summed E-state index contributed by atoms with van der Waals surface area (Å²) in [6, 6.07) is 6.31. The summed E-state index contributed by atoms with van der Waals surface area (Å²) in [6.45, 7) is 6.66. The Hall–Kier alpha value is -4.04. The summed E-state index contributed by atoms with van der Waals surface area (Å²) in [7, 11) is 0. The summed E-state index contributed by atoms with van der Waals surface area (Å²) >= 11 is 0.953. The first-order chi connectivity index (χ1) is 18.2. The van der Waals surface area contributed by atoms with Crippen LogP contribution in [0.3, 0.4) is 0 Å². The zero-order chi connectivity index (χ0) is 27.8. The molecule has 0 aliphatic carbocycles. The van der Waals surface area contributed by atoms with Gasteiger partial charge in [0.1, 0.15) is 10.9 Å². The molecule has 0 radical (unpaired) electrons. The van der Waals surface area contributed by atoms with Crippen LogP contribution < -0.4 is 4.90 Å². The summed E-state index contributed by atoms with van der Waals surface area (Å²) in [5.74, 6) is -1.88. The molecule has 3 rings (SSSR count). The van der Waals surface area contributed by atoms with Gasteiger partial charge in [0.15, 0.2) is 5.78 Å². The van der Waals surface area contributed by atoms with Gasteiger partial charge in [0.05, 0.1) is 29.3 Å². The average molecular weight is 540 g/mol. The molecule has 1 fully saturated rings. The first-order valence-corrected chi connectivity index (χ1v) is 13.2. The minimum atomic E-state index is -0.673. The fourth-order valence-corrected chi connectivity index (χ4v) is 5.51. The summed E-state index contributed by atoms with van der Waals surface area (Å²) in [5, 5.41) is 21.3. The summed E-state index contributed by atoms with van der Waals surface area (Å²) in [5.41, 5.74) is 1.19. The van der Waals surface area contributed by atoms with Crippen LogP contribution in [0, 0.1) is 28.4 Å². The van der Waals surface area contributed by atoms with Crippen LogP contribution in [-0.4, -0.2) is 48.9 Å². The van der Waals surface area contributed by atoms with E-state index in [1.807, 2.05) is 6.07 Å². The number of hydrogen-bond donors (Lipinski definition) is 0. The Morgan fingerprint density at radius 2 is 1.79 bits per heavy atom. The number of piperidine rings is 1. The van der Waals surface area contributed by atoms with Crippen LogP contribution in [0.4, 0.5) is 11.4 Å². The number of nitro groups is 1. The molecule has 1 aliphatic rings. The molecule has 1 aliphatic heterocycles. The zero-order valence-corrected chi connectivity index (χ0v) is 22.4. The van der Waals surface area contributed by atoms with E-state index in [9.17, 15) is 29.8 Å². The number of ether oxygens (including phenoxy) is 2. The average Bonchev–Trinajstić information content (AvgIpc) is 3.23. The van der Waals surface area contributed by atoms with Crippen molar-refractivity contribution >= 4 is 46.5 Å². The molecular weight excluding hydrogens is 510 g/mol. The highest BCUT2D eigenvalue weighted by Crippen LogP contribution is 2.33. The number of nitriles is 1. The summed E-state index contributed by atoms with van der Waals surface area (Å²) in [6.07, 6.45) is 4.07. The maximum absolute atomic E-state index is 13.3. The third-order valence-electron chi connectivity index (χ3n) is 6.12. The van der Waals surface area contributed by atoms with Crippen molar-refractivity contribution in [2.45, 2.75) is 46.5 Å². The van der Waals surface area contributed by atoms with Crippen molar-refractivity contribution in [3.63, 3.8) is 0 Å². The summed E-state index contributed by atoms with van der Waals surface area (Å²) < 4.78 is 10.2. The second-order valence-electron chi connectivity index (χ2n) is 8.61. The first-order valence-electron chi connectivity index (χ1n) is 12.4. The number of rotatable bonds is 10. The number of anilines is 1. The highest BCUT2D eigenvalue weighted by Gasteiger charge is 2.28. The van der Waals surface area contributed by atoms with Gasteiger partial charge in [0.25, 0.3) is 5.69 Å². The smallest absolute Gasteiger partial charge is 0.348 e. The van der Waals surface area contributed by atoms with Gasteiger partial charge in [-0.3, -0.25) is 14.9 Å². The predicted molar refractivity (Wildman–Crippen MR) is 142 cm³/mol. The van der Waals surface area contributed by atoms with Gasteiger partial charge < -0.3 is 14.4 Å². The van der Waals surface area contributed by atoms with Gasteiger partial charge in [-0.25, -0.2) is 9.59 Å². The topological polar surface area (TPSA) is 140 Å². The van der Waals surface area contributed by atoms with E-state index in [1.54, 1.807) is 26.8 Å². The van der Waals surface area contributed by atoms with E-state index >= 15 is 0 Å². The molecule has 38 heavy (non-hydrogen) atoms. The molecule has 10 nitrogen and oxygen atoms in total. The largest absolute Gasteiger partial charge is 0.462 e. The Bertz CT molecular complexity index is 1320. The van der Waals surface area contributed by atoms with Crippen molar-refractivity contribution in [3.8, 4) is 6.07 Å². The molecule has 2 aromatic rings. The molecular formula is C27H29N3O7S. The van der Waals surface area contributed by atoms with Crippen molar-refractivity contribution in [3.05, 3.63) is 60.3 Å². The number of nitro benzene ring substituents is 1. The minimum absolute atomic E-state index is 0.103. The van der Waals surface area contributed by atoms with Gasteiger partial charge >= 0.3 is 11.9 Å². The number of allylic oxidation sites excluding steroid dienone is 1. The molecule has 200 valence electrons. The van der Waals surface area contributed by atoms with Crippen LogP contribution in [0.5, 0.6) is 0 Å². The molecule has 1 aromatic carbocycles. The molecule has 11 heteroatoms. The van der Waals surface area contributed by atoms with Gasteiger partial charge in [0, 0.05) is 47.8 Å². The normalized spacial score (nSPS) is 13.5. The van der Waals surface area contributed by atoms with Crippen molar-refractivity contribution in [1.29, 1.82) is 5.26 Å². The molecule has 0 N–H and O–H groups in total. The number of benzene rings is 1. The molecule has 2 heterocycles. The maximum Gasteiger partial charge on any atom is 0.348 e. The number of carbonyl (C=O) groups is 3. The van der Waals surface area contributed by atoms with Crippen LogP contribution in [0.25, 0.3) is 6.08 Å². The van der Waals surface area contributed by atoms with Gasteiger partial charge in [-0.05, 0) is 57.7 Å². The van der Waals surface area contributed by atoms with E-state index in [1.165, 1.54) is 18.2 Å². The number of nitrogens with zero attached hydrogens (tertiary/aromatic N) is 3. The van der Waals surface area contributed by atoms with E-state index in [-0.39, 0.29) is 46.2 Å². The zero-order valence-electron chi connectivity index (χ0n) is 21.6. The quantitative estimate of drug-likeness (QED) is 0.134. The highest BCUT2D eigenvalue weighted by molar-refractivity contribution is 7.14. The Balaban J connectivity index is 2.02. The second-order valence-corrected chi connectivity index (χ2v) is 9.72. The number of non-ortho nitro benzene ring substituents is 1. The molecule has 0 saturated carbocycles. The molecule has 0 amide bonds. The van der Waals surface area contributed by atoms with Crippen LogP contribution in [0.1, 0.15) is 69.1 Å². The molecule has 0 spiro atoms. The lowest BCUT2D eigenvalue weighted by atomic mass is 10.00. The third-order valence-corrected chi connectivity index (χ3v) is 7.39. The molecule has 1 saturated heterocycles. The van der Waals surface area contributed by atoms with Gasteiger partial charge in [0.2, 0.25) is 0 Å². The molecule has 0 bridgehead atoms. The fraction of sp³-hybridized carbons (Fsp3) is 0.407. The van der Waals surface area contributed by atoms with E-state index in [0.29, 0.717) is 16.8 Å². The van der Waals surface area contributed by atoms with Crippen LogP contribution in [0.2, 0.25) is 0 Å². The standard InChI is InChI=1S/C27H29N3O7S/c1-4-36-26(32)24-17(3)25(27(33)37-5-2)38-23(24)15-22(31)19(16-28)13-18-14-20(30(34)35)9-10-21(18)29-11-7-6-8-12-29/h9-10,13-14H,4-8,11-12,15H2,1-3H3. The number of esters is 2. The third kappa shape index (κ3) is 6.44. The SMILES string of the molecule is CCOC(=O)c1sc(CC(=O)C(C#N)=Cc2cc([N+](=O)[O-])ccc2N2CCCCC2)c(C(=O)OCC)c1C. The van der Waals surface area contributed by atoms with Crippen LogP contribution in [-0.2, 0) is 20.7 Å². The number of hydrogen-bond acceptors (Lipinski definition) is 10. The van der Waals surface area contributed by atoms with Crippen LogP contribution >= 0.6 is 11.3 Å². The fourth-order valence-electron chi connectivity index (χ4n) is 4.33. The summed E-state index contributed by atoms with van der Waals surface area (Å²) in [4.78, 5) is 51.9. The number of thiophene rings is 1. The van der Waals surface area contributed by atoms with Crippen molar-refractivity contribution in [2.24, 2.45) is 0 Å². The van der Waals surface area contributed by atoms with Crippen molar-refractivity contribution < 1.29 is 28.8 Å². The van der Waals surface area contributed by atoms with Gasteiger partial charge in [-0.2, -0.15) is 5.26 Å². The Morgan fingerprint density at radius 1 is 1.13 bits per heavy atom. The second kappa shape index (κ2) is 13.0. The monoisotopic (exact) mass is 539 g/mol. The lowest BCUT2D eigenvalue weighted by molar-refractivity contribution is -0.384. The van der Waals surface area contributed by atoms with E-state index in [0.717, 1.165) is 43.7 Å². The van der Waals surface area contributed by atoms with Crippen molar-refractivity contribution in [1.82, 2.24) is 0 Å². The highest BCUT2D eigenvalue weighted by atomic mass is 32.1. The van der Waals surface area contributed by atoms with Crippen LogP contribution in [0.15, 0.2) is 23.8 Å². The van der Waals surface area contributed by atoms with E-state index in [4.69, 9.17) is 9.47 Å². The maximum atomic E-state index is 13.3. The Morgan fingerprint density at radius 3 is 2.39 bits per heavy atom. The Kier molecular flexibility index (Phi) is 9.73.